The molecule has 0 saturated heterocycles. The van der Waals surface area contributed by atoms with E-state index in [2.05, 4.69) is 67.3 Å². The fourth-order valence-corrected chi connectivity index (χ4v) is 4.47. The lowest BCUT2D eigenvalue weighted by Crippen LogP contribution is -2.32. The average molecular weight is 507 g/mol. The lowest BCUT2D eigenvalue weighted by molar-refractivity contribution is 0.121. The second-order valence-corrected chi connectivity index (χ2v) is 9.68. The van der Waals surface area contributed by atoms with Crippen molar-refractivity contribution in [2.45, 2.75) is 52.6 Å². The van der Waals surface area contributed by atoms with Crippen LogP contribution in [-0.2, 0) is 24.2 Å². The quantitative estimate of drug-likeness (QED) is 0.221. The van der Waals surface area contributed by atoms with Gasteiger partial charge in [0.15, 0.2) is 0 Å². The maximum absolute atomic E-state index is 12.4. The van der Waals surface area contributed by atoms with Crippen molar-refractivity contribution >= 4 is 17.7 Å². The van der Waals surface area contributed by atoms with E-state index in [1.807, 2.05) is 24.3 Å². The van der Waals surface area contributed by atoms with Gasteiger partial charge in [0.05, 0.1) is 7.11 Å². The van der Waals surface area contributed by atoms with Gasteiger partial charge < -0.3 is 9.64 Å². The summed E-state index contributed by atoms with van der Waals surface area (Å²) in [7, 11) is 1.43. The van der Waals surface area contributed by atoms with E-state index in [4.69, 9.17) is 16.3 Å². The fraction of sp³-hybridized carbons (Fsp3) is 0.387. The van der Waals surface area contributed by atoms with Gasteiger partial charge in [0.2, 0.25) is 0 Å². The molecule has 5 heteroatoms. The van der Waals surface area contributed by atoms with Gasteiger partial charge in [-0.3, -0.25) is 4.90 Å². The second kappa shape index (κ2) is 14.7. The van der Waals surface area contributed by atoms with Crippen molar-refractivity contribution in [1.29, 1.82) is 0 Å². The van der Waals surface area contributed by atoms with Gasteiger partial charge in [0, 0.05) is 24.7 Å². The van der Waals surface area contributed by atoms with Gasteiger partial charge in [0.1, 0.15) is 0 Å². The van der Waals surface area contributed by atoms with Crippen molar-refractivity contribution in [2.75, 3.05) is 26.7 Å². The Kier molecular flexibility index (Phi) is 11.3. The Hall–Kier alpha value is -2.82. The molecule has 0 bridgehead atoms. The zero-order valence-electron chi connectivity index (χ0n) is 21.9. The Morgan fingerprint density at radius 3 is 2.19 bits per heavy atom. The zero-order chi connectivity index (χ0) is 25.8. The number of rotatable bonds is 13. The summed E-state index contributed by atoms with van der Waals surface area (Å²) in [6.07, 6.45) is 4.22. The number of halogens is 1. The third-order valence-corrected chi connectivity index (χ3v) is 6.79. The molecular formula is C31H39ClN2O2. The predicted molar refractivity (Wildman–Crippen MR) is 150 cm³/mol. The van der Waals surface area contributed by atoms with Crippen molar-refractivity contribution in [3.05, 3.63) is 94.5 Å². The van der Waals surface area contributed by atoms with Crippen LogP contribution in [-0.4, -0.2) is 42.6 Å². The topological polar surface area (TPSA) is 32.8 Å². The summed E-state index contributed by atoms with van der Waals surface area (Å²) in [6.45, 7) is 8.76. The molecule has 36 heavy (non-hydrogen) atoms. The van der Waals surface area contributed by atoms with E-state index in [-0.39, 0.29) is 6.09 Å². The molecule has 0 saturated carbocycles. The fourth-order valence-electron chi connectivity index (χ4n) is 4.34. The van der Waals surface area contributed by atoms with Crippen LogP contribution in [0.4, 0.5) is 4.79 Å². The summed E-state index contributed by atoms with van der Waals surface area (Å²) in [4.78, 5) is 16.6. The van der Waals surface area contributed by atoms with Gasteiger partial charge in [-0.1, -0.05) is 92.9 Å². The normalized spacial score (nSPS) is 11.0. The molecule has 1 amide bonds. The molecule has 3 aromatic carbocycles. The van der Waals surface area contributed by atoms with Gasteiger partial charge in [-0.05, 0) is 71.9 Å². The SMILES string of the molecule is CCCCCN(CC)Cc1cccc(-c2ccc(CN(CCc3ccc(Cl)cc3)C(=O)OC)cc2)c1. The molecule has 3 aromatic rings. The number of amides is 1. The highest BCUT2D eigenvalue weighted by molar-refractivity contribution is 6.30. The molecule has 0 radical (unpaired) electrons. The van der Waals surface area contributed by atoms with Crippen molar-refractivity contribution in [2.24, 2.45) is 0 Å². The highest BCUT2D eigenvalue weighted by atomic mass is 35.5. The summed E-state index contributed by atoms with van der Waals surface area (Å²) < 4.78 is 5.03. The van der Waals surface area contributed by atoms with E-state index in [9.17, 15) is 4.79 Å². The molecule has 0 aromatic heterocycles. The molecular weight excluding hydrogens is 468 g/mol. The highest BCUT2D eigenvalue weighted by Crippen LogP contribution is 2.23. The first-order chi connectivity index (χ1) is 17.5. The number of benzene rings is 3. The number of carbonyl (C=O) groups excluding carboxylic acids is 1. The van der Waals surface area contributed by atoms with Crippen molar-refractivity contribution in [3.63, 3.8) is 0 Å². The number of hydrogen-bond acceptors (Lipinski definition) is 3. The van der Waals surface area contributed by atoms with E-state index >= 15 is 0 Å². The number of ether oxygens (including phenoxy) is 1. The Bertz CT molecular complexity index is 1070. The monoisotopic (exact) mass is 506 g/mol. The number of nitrogens with zero attached hydrogens (tertiary/aromatic N) is 2. The lowest BCUT2D eigenvalue weighted by atomic mass is 10.0. The van der Waals surface area contributed by atoms with Crippen LogP contribution in [0.25, 0.3) is 11.1 Å². The van der Waals surface area contributed by atoms with Crippen molar-refractivity contribution < 1.29 is 9.53 Å². The third kappa shape index (κ3) is 8.69. The summed E-state index contributed by atoms with van der Waals surface area (Å²) in [5, 5.41) is 0.712. The Morgan fingerprint density at radius 2 is 1.53 bits per heavy atom. The van der Waals surface area contributed by atoms with E-state index in [0.29, 0.717) is 18.1 Å². The van der Waals surface area contributed by atoms with Crippen LogP contribution in [0.1, 0.15) is 49.8 Å². The maximum Gasteiger partial charge on any atom is 0.409 e. The van der Waals surface area contributed by atoms with E-state index < -0.39 is 0 Å². The molecule has 0 aliphatic heterocycles. The van der Waals surface area contributed by atoms with Gasteiger partial charge in [-0.25, -0.2) is 4.79 Å². The predicted octanol–water partition coefficient (Wildman–Crippen LogP) is 7.83. The number of methoxy groups -OCH3 is 1. The molecule has 0 fully saturated rings. The number of hydrogen-bond donors (Lipinski definition) is 0. The first-order valence-electron chi connectivity index (χ1n) is 13.0. The smallest absolute Gasteiger partial charge is 0.409 e. The lowest BCUT2D eigenvalue weighted by Gasteiger charge is -2.22. The van der Waals surface area contributed by atoms with Gasteiger partial charge >= 0.3 is 6.09 Å². The minimum absolute atomic E-state index is 0.319. The van der Waals surface area contributed by atoms with Crippen molar-refractivity contribution in [1.82, 2.24) is 9.80 Å². The molecule has 3 rings (SSSR count). The molecule has 4 nitrogen and oxygen atoms in total. The van der Waals surface area contributed by atoms with Crippen LogP contribution in [0.2, 0.25) is 5.02 Å². The van der Waals surface area contributed by atoms with Gasteiger partial charge in [-0.15, -0.1) is 0 Å². The molecule has 0 atom stereocenters. The van der Waals surface area contributed by atoms with Crippen LogP contribution in [0, 0.1) is 0 Å². The van der Waals surface area contributed by atoms with Crippen LogP contribution < -0.4 is 0 Å². The van der Waals surface area contributed by atoms with E-state index in [0.717, 1.165) is 37.2 Å². The second-order valence-electron chi connectivity index (χ2n) is 9.24. The molecule has 0 heterocycles. The van der Waals surface area contributed by atoms with Gasteiger partial charge in [0.25, 0.3) is 0 Å². The Balaban J connectivity index is 1.63. The molecule has 0 unspecified atom stereocenters. The third-order valence-electron chi connectivity index (χ3n) is 6.54. The molecule has 192 valence electrons. The van der Waals surface area contributed by atoms with Crippen molar-refractivity contribution in [3.8, 4) is 11.1 Å². The summed E-state index contributed by atoms with van der Waals surface area (Å²) in [6, 6.07) is 25.0. The van der Waals surface area contributed by atoms with E-state index in [1.54, 1.807) is 4.90 Å². The van der Waals surface area contributed by atoms with E-state index in [1.165, 1.54) is 43.1 Å². The average Bonchev–Trinajstić information content (AvgIpc) is 2.91. The molecule has 0 aliphatic carbocycles. The molecule has 0 N–H and O–H groups in total. The summed E-state index contributed by atoms with van der Waals surface area (Å²) in [5.41, 5.74) is 5.95. The Morgan fingerprint density at radius 1 is 0.806 bits per heavy atom. The number of unbranched alkanes of at least 4 members (excludes halogenated alkanes) is 2. The largest absolute Gasteiger partial charge is 0.453 e. The first-order valence-corrected chi connectivity index (χ1v) is 13.4. The van der Waals surface area contributed by atoms with Crippen LogP contribution in [0.15, 0.2) is 72.8 Å². The standard InChI is InChI=1S/C31H39ClN2O2/c1-4-6-7-20-33(5-2)23-27-9-8-10-29(22-27)28-15-11-26(12-16-28)24-34(31(35)36-3)21-19-25-13-17-30(32)18-14-25/h8-18,22H,4-7,19-21,23-24H2,1-3H3. The number of carbonyl (C=O) groups is 1. The van der Waals surface area contributed by atoms with Gasteiger partial charge in [-0.2, -0.15) is 0 Å². The minimum Gasteiger partial charge on any atom is -0.453 e. The van der Waals surface area contributed by atoms with Crippen LogP contribution in [0.5, 0.6) is 0 Å². The molecule has 0 aliphatic rings. The Labute approximate surface area is 221 Å². The summed E-state index contributed by atoms with van der Waals surface area (Å²) >= 11 is 5.99. The zero-order valence-corrected chi connectivity index (χ0v) is 22.6. The highest BCUT2D eigenvalue weighted by Gasteiger charge is 2.14. The summed E-state index contributed by atoms with van der Waals surface area (Å²) in [5.74, 6) is 0. The van der Waals surface area contributed by atoms with Crippen LogP contribution >= 0.6 is 11.6 Å². The molecule has 0 spiro atoms. The first kappa shape index (κ1) is 27.8. The maximum atomic E-state index is 12.4. The minimum atomic E-state index is -0.319. The van der Waals surface area contributed by atoms with Crippen LogP contribution in [0.3, 0.4) is 0 Å².